The second-order valence-corrected chi connectivity index (χ2v) is 6.48. The van der Waals surface area contributed by atoms with E-state index in [1.807, 2.05) is 7.05 Å². The Balaban J connectivity index is 2.14. The largest absolute Gasteiger partial charge is 0.305 e. The number of benzene rings is 1. The highest BCUT2D eigenvalue weighted by Gasteiger charge is 2.25. The molecule has 17 heavy (non-hydrogen) atoms. The first-order valence-corrected chi connectivity index (χ1v) is 7.30. The predicted molar refractivity (Wildman–Crippen MR) is 67.7 cm³/mol. The molecule has 94 valence electrons. The number of hydrogen-bond acceptors (Lipinski definition) is 3. The summed E-state index contributed by atoms with van der Waals surface area (Å²) in [5.74, 6) is 0. The van der Waals surface area contributed by atoms with Crippen molar-refractivity contribution in [2.24, 2.45) is 0 Å². The maximum absolute atomic E-state index is 12.1. The third-order valence-corrected chi connectivity index (χ3v) is 4.57. The van der Waals surface area contributed by atoms with E-state index in [0.29, 0.717) is 5.02 Å². The zero-order chi connectivity index (χ0) is 12.5. The first-order valence-electron chi connectivity index (χ1n) is 5.44. The SMILES string of the molecule is CN1CCC(NS(=O)(=O)c2cccc(Cl)c2)C1. The number of nitrogens with one attached hydrogen (secondary N) is 1. The molecule has 0 spiro atoms. The van der Waals surface area contributed by atoms with Gasteiger partial charge in [-0.3, -0.25) is 0 Å². The molecule has 0 saturated carbocycles. The molecule has 0 radical (unpaired) electrons. The van der Waals surface area contributed by atoms with Gasteiger partial charge in [0.1, 0.15) is 0 Å². The Labute approximate surface area is 107 Å². The van der Waals surface area contributed by atoms with Crippen LogP contribution in [0.2, 0.25) is 5.02 Å². The molecule has 1 aliphatic heterocycles. The van der Waals surface area contributed by atoms with E-state index in [1.165, 1.54) is 6.07 Å². The highest BCUT2D eigenvalue weighted by Crippen LogP contribution is 2.17. The second kappa shape index (κ2) is 4.94. The molecule has 1 aromatic carbocycles. The molecule has 1 saturated heterocycles. The Hall–Kier alpha value is -0.620. The van der Waals surface area contributed by atoms with E-state index < -0.39 is 10.0 Å². The summed E-state index contributed by atoms with van der Waals surface area (Å²) < 4.78 is 26.8. The number of sulfonamides is 1. The van der Waals surface area contributed by atoms with E-state index in [1.54, 1.807) is 18.2 Å². The van der Waals surface area contributed by atoms with Crippen LogP contribution >= 0.6 is 11.6 Å². The van der Waals surface area contributed by atoms with Crippen LogP contribution in [0.4, 0.5) is 0 Å². The Bertz CT molecular complexity index is 504. The van der Waals surface area contributed by atoms with Crippen LogP contribution in [0.15, 0.2) is 29.2 Å². The number of nitrogens with zero attached hydrogens (tertiary/aromatic N) is 1. The monoisotopic (exact) mass is 274 g/mol. The third kappa shape index (κ3) is 3.19. The first-order chi connectivity index (χ1) is 7.97. The van der Waals surface area contributed by atoms with Crippen molar-refractivity contribution in [2.45, 2.75) is 17.4 Å². The van der Waals surface area contributed by atoms with Gasteiger partial charge in [0.25, 0.3) is 0 Å². The van der Waals surface area contributed by atoms with Crippen molar-refractivity contribution in [3.05, 3.63) is 29.3 Å². The summed E-state index contributed by atoms with van der Waals surface area (Å²) in [6, 6.07) is 6.29. The van der Waals surface area contributed by atoms with Crippen LogP contribution in [0.3, 0.4) is 0 Å². The highest BCUT2D eigenvalue weighted by molar-refractivity contribution is 7.89. The van der Waals surface area contributed by atoms with Crippen LogP contribution in [-0.4, -0.2) is 39.5 Å². The van der Waals surface area contributed by atoms with Crippen molar-refractivity contribution in [1.82, 2.24) is 9.62 Å². The Kier molecular flexibility index (Phi) is 3.73. The summed E-state index contributed by atoms with van der Waals surface area (Å²) in [7, 11) is -1.47. The van der Waals surface area contributed by atoms with Crippen LogP contribution in [-0.2, 0) is 10.0 Å². The molecular weight excluding hydrogens is 260 g/mol. The van der Waals surface area contributed by atoms with E-state index in [0.717, 1.165) is 19.5 Å². The van der Waals surface area contributed by atoms with Gasteiger partial charge in [-0.25, -0.2) is 13.1 Å². The van der Waals surface area contributed by atoms with Gasteiger partial charge in [0, 0.05) is 17.6 Å². The molecule has 1 heterocycles. The van der Waals surface area contributed by atoms with Gasteiger partial charge < -0.3 is 4.90 Å². The second-order valence-electron chi connectivity index (χ2n) is 4.33. The highest BCUT2D eigenvalue weighted by atomic mass is 35.5. The number of hydrogen-bond donors (Lipinski definition) is 1. The quantitative estimate of drug-likeness (QED) is 0.905. The Morgan fingerprint density at radius 1 is 1.47 bits per heavy atom. The summed E-state index contributed by atoms with van der Waals surface area (Å²) in [4.78, 5) is 2.32. The van der Waals surface area contributed by atoms with E-state index in [2.05, 4.69) is 9.62 Å². The lowest BCUT2D eigenvalue weighted by atomic mass is 10.3. The third-order valence-electron chi connectivity index (χ3n) is 2.82. The number of rotatable bonds is 3. The van der Waals surface area contributed by atoms with Crippen molar-refractivity contribution >= 4 is 21.6 Å². The maximum Gasteiger partial charge on any atom is 0.240 e. The molecule has 1 atom stereocenters. The normalized spacial score (nSPS) is 21.9. The van der Waals surface area contributed by atoms with Crippen LogP contribution in [0.25, 0.3) is 0 Å². The molecule has 1 aromatic rings. The molecule has 0 aliphatic carbocycles. The minimum absolute atomic E-state index is 0.0102. The molecule has 6 heteroatoms. The molecule has 4 nitrogen and oxygen atoms in total. The van der Waals surface area contributed by atoms with Gasteiger partial charge in [0.2, 0.25) is 10.0 Å². The standard InChI is InChI=1S/C11H15ClN2O2S/c1-14-6-5-10(8-14)13-17(15,16)11-4-2-3-9(12)7-11/h2-4,7,10,13H,5-6,8H2,1H3. The van der Waals surface area contributed by atoms with E-state index in [-0.39, 0.29) is 10.9 Å². The Morgan fingerprint density at radius 3 is 2.82 bits per heavy atom. The minimum Gasteiger partial charge on any atom is -0.305 e. The summed E-state index contributed by atoms with van der Waals surface area (Å²) in [5, 5.41) is 0.427. The van der Waals surface area contributed by atoms with Gasteiger partial charge in [-0.05, 0) is 38.2 Å². The van der Waals surface area contributed by atoms with Crippen LogP contribution in [0, 0.1) is 0 Å². The molecular formula is C11H15ClN2O2S. The topological polar surface area (TPSA) is 49.4 Å². The Morgan fingerprint density at radius 2 is 2.24 bits per heavy atom. The van der Waals surface area contributed by atoms with Gasteiger partial charge in [-0.15, -0.1) is 0 Å². The van der Waals surface area contributed by atoms with Gasteiger partial charge in [0.05, 0.1) is 4.90 Å². The molecule has 0 bridgehead atoms. The summed E-state index contributed by atoms with van der Waals surface area (Å²) >= 11 is 5.79. The first kappa shape index (κ1) is 12.8. The lowest BCUT2D eigenvalue weighted by Crippen LogP contribution is -2.36. The summed E-state index contributed by atoms with van der Waals surface area (Å²) in [6.07, 6.45) is 0.844. The smallest absolute Gasteiger partial charge is 0.240 e. The number of halogens is 1. The molecule has 1 fully saturated rings. The van der Waals surface area contributed by atoms with Crippen LogP contribution < -0.4 is 4.72 Å². The van der Waals surface area contributed by atoms with Crippen LogP contribution in [0.5, 0.6) is 0 Å². The molecule has 0 amide bonds. The van der Waals surface area contributed by atoms with Gasteiger partial charge in [0.15, 0.2) is 0 Å². The fourth-order valence-electron chi connectivity index (χ4n) is 1.95. The lowest BCUT2D eigenvalue weighted by Gasteiger charge is -2.13. The summed E-state index contributed by atoms with van der Waals surface area (Å²) in [6.45, 7) is 1.67. The van der Waals surface area contributed by atoms with Crippen molar-refractivity contribution < 1.29 is 8.42 Å². The molecule has 1 unspecified atom stereocenters. The molecule has 2 rings (SSSR count). The molecule has 0 aromatic heterocycles. The minimum atomic E-state index is -3.45. The average Bonchev–Trinajstić information content (AvgIpc) is 2.63. The zero-order valence-electron chi connectivity index (χ0n) is 9.56. The zero-order valence-corrected chi connectivity index (χ0v) is 11.1. The number of likely N-dealkylation sites (N-methyl/N-ethyl adjacent to an activating group) is 1. The number of likely N-dealkylation sites (tertiary alicyclic amines) is 1. The van der Waals surface area contributed by atoms with E-state index in [9.17, 15) is 8.42 Å². The maximum atomic E-state index is 12.1. The lowest BCUT2D eigenvalue weighted by molar-refractivity contribution is 0.407. The molecule has 1 aliphatic rings. The van der Waals surface area contributed by atoms with Crippen molar-refractivity contribution in [2.75, 3.05) is 20.1 Å². The van der Waals surface area contributed by atoms with E-state index >= 15 is 0 Å². The summed E-state index contributed by atoms with van der Waals surface area (Å²) in [5.41, 5.74) is 0. The predicted octanol–water partition coefficient (Wildman–Crippen LogP) is 1.32. The fourth-order valence-corrected chi connectivity index (χ4v) is 3.51. The average molecular weight is 275 g/mol. The van der Waals surface area contributed by atoms with Crippen molar-refractivity contribution in [1.29, 1.82) is 0 Å². The van der Waals surface area contributed by atoms with Crippen molar-refractivity contribution in [3.63, 3.8) is 0 Å². The van der Waals surface area contributed by atoms with E-state index in [4.69, 9.17) is 11.6 Å². The van der Waals surface area contributed by atoms with Gasteiger partial charge >= 0.3 is 0 Å². The fraction of sp³-hybridized carbons (Fsp3) is 0.455. The van der Waals surface area contributed by atoms with Crippen molar-refractivity contribution in [3.8, 4) is 0 Å². The van der Waals surface area contributed by atoms with Gasteiger partial charge in [-0.1, -0.05) is 17.7 Å². The van der Waals surface area contributed by atoms with Crippen LogP contribution in [0.1, 0.15) is 6.42 Å². The molecule has 1 N–H and O–H groups in total. The van der Waals surface area contributed by atoms with Gasteiger partial charge in [-0.2, -0.15) is 0 Å².